The molecule has 3 rings (SSSR count). The lowest BCUT2D eigenvalue weighted by Gasteiger charge is -2.23. The molecule has 1 fully saturated rings. The molecule has 2 aromatic rings. The maximum Gasteiger partial charge on any atom is 0.315 e. The highest BCUT2D eigenvalue weighted by Crippen LogP contribution is 2.25. The molecular formula is C19H24N4O2. The molecule has 1 heterocycles. The lowest BCUT2D eigenvalue weighted by Crippen LogP contribution is -2.38. The van der Waals surface area contributed by atoms with E-state index in [4.69, 9.17) is 0 Å². The molecule has 0 aliphatic heterocycles. The standard InChI is InChI=1S/C19H24N4O2/c24-18(15-4-1-5-15)21-10-3-11-22-19(25)23-13-14-7-8-17-16(12-14)6-2-9-20-17/h2,6-9,12,15H,1,3-5,10-11,13H2,(H,21,24)(H2,22,23,25). The fraction of sp³-hybridized carbons (Fsp3) is 0.421. The van der Waals surface area contributed by atoms with Crippen LogP contribution >= 0.6 is 0 Å². The molecule has 1 aromatic heterocycles. The van der Waals surface area contributed by atoms with E-state index < -0.39 is 0 Å². The Kier molecular flexibility index (Phi) is 5.82. The fourth-order valence-electron chi connectivity index (χ4n) is 2.80. The molecule has 3 amide bonds. The number of aromatic nitrogens is 1. The van der Waals surface area contributed by atoms with Crippen molar-refractivity contribution in [3.63, 3.8) is 0 Å². The summed E-state index contributed by atoms with van der Waals surface area (Å²) in [6.45, 7) is 1.61. The van der Waals surface area contributed by atoms with Gasteiger partial charge in [0.1, 0.15) is 0 Å². The van der Waals surface area contributed by atoms with Crippen molar-refractivity contribution in [2.75, 3.05) is 13.1 Å². The molecule has 0 atom stereocenters. The molecule has 1 aromatic carbocycles. The maximum absolute atomic E-state index is 11.8. The zero-order valence-corrected chi connectivity index (χ0v) is 14.3. The van der Waals surface area contributed by atoms with Crippen LogP contribution in [0.3, 0.4) is 0 Å². The van der Waals surface area contributed by atoms with Crippen molar-refractivity contribution in [2.45, 2.75) is 32.2 Å². The molecule has 6 nitrogen and oxygen atoms in total. The van der Waals surface area contributed by atoms with Crippen molar-refractivity contribution in [3.05, 3.63) is 42.1 Å². The molecule has 0 spiro atoms. The van der Waals surface area contributed by atoms with Gasteiger partial charge in [0.25, 0.3) is 0 Å². The Bertz CT molecular complexity index is 743. The lowest BCUT2D eigenvalue weighted by molar-refractivity contribution is -0.127. The van der Waals surface area contributed by atoms with Gasteiger partial charge in [-0.25, -0.2) is 4.79 Å². The summed E-state index contributed by atoms with van der Waals surface area (Å²) < 4.78 is 0. The largest absolute Gasteiger partial charge is 0.356 e. The smallest absolute Gasteiger partial charge is 0.315 e. The Morgan fingerprint density at radius 3 is 2.72 bits per heavy atom. The van der Waals surface area contributed by atoms with Gasteiger partial charge in [-0.2, -0.15) is 0 Å². The van der Waals surface area contributed by atoms with Crippen molar-refractivity contribution in [3.8, 4) is 0 Å². The first kappa shape index (κ1) is 17.2. The molecule has 0 bridgehead atoms. The summed E-state index contributed by atoms with van der Waals surface area (Å²) in [6, 6.07) is 9.65. The zero-order valence-electron chi connectivity index (χ0n) is 14.3. The minimum Gasteiger partial charge on any atom is -0.356 e. The number of carbonyl (C=O) groups excluding carboxylic acids is 2. The quantitative estimate of drug-likeness (QED) is 0.677. The van der Waals surface area contributed by atoms with Gasteiger partial charge in [-0.1, -0.05) is 18.6 Å². The van der Waals surface area contributed by atoms with Crippen LogP contribution < -0.4 is 16.0 Å². The van der Waals surface area contributed by atoms with Crippen molar-refractivity contribution in [1.29, 1.82) is 0 Å². The van der Waals surface area contributed by atoms with E-state index in [1.165, 1.54) is 0 Å². The van der Waals surface area contributed by atoms with Crippen LogP contribution in [-0.2, 0) is 11.3 Å². The van der Waals surface area contributed by atoms with Gasteiger partial charge in [0.2, 0.25) is 5.91 Å². The SMILES string of the molecule is O=C(NCCCNC(=O)C1CCC1)NCc1ccc2ncccc2c1. The predicted molar refractivity (Wildman–Crippen MR) is 96.9 cm³/mol. The van der Waals surface area contributed by atoms with E-state index in [2.05, 4.69) is 20.9 Å². The third-order valence-corrected chi connectivity index (χ3v) is 4.53. The molecule has 1 aliphatic rings. The Morgan fingerprint density at radius 2 is 1.92 bits per heavy atom. The Hall–Kier alpha value is -2.63. The molecular weight excluding hydrogens is 316 g/mol. The monoisotopic (exact) mass is 340 g/mol. The number of rotatable bonds is 7. The lowest BCUT2D eigenvalue weighted by atomic mass is 9.85. The van der Waals surface area contributed by atoms with Gasteiger partial charge in [0.15, 0.2) is 0 Å². The van der Waals surface area contributed by atoms with E-state index in [0.29, 0.717) is 19.6 Å². The summed E-state index contributed by atoms with van der Waals surface area (Å²) >= 11 is 0. The van der Waals surface area contributed by atoms with Crippen molar-refractivity contribution in [2.24, 2.45) is 5.92 Å². The van der Waals surface area contributed by atoms with Gasteiger partial charge < -0.3 is 16.0 Å². The second-order valence-electron chi connectivity index (χ2n) is 6.41. The first-order chi connectivity index (χ1) is 12.2. The first-order valence-electron chi connectivity index (χ1n) is 8.85. The van der Waals surface area contributed by atoms with Crippen LogP contribution in [0, 0.1) is 5.92 Å². The Morgan fingerprint density at radius 1 is 1.08 bits per heavy atom. The van der Waals surface area contributed by atoms with Crippen LogP contribution in [0.2, 0.25) is 0 Å². The minimum atomic E-state index is -0.198. The normalized spacial score (nSPS) is 13.9. The molecule has 6 heteroatoms. The van der Waals surface area contributed by atoms with Crippen molar-refractivity contribution < 1.29 is 9.59 Å². The summed E-state index contributed by atoms with van der Waals surface area (Å²) in [5.74, 6) is 0.370. The molecule has 132 valence electrons. The van der Waals surface area contributed by atoms with E-state index in [0.717, 1.165) is 42.1 Å². The highest BCUT2D eigenvalue weighted by atomic mass is 16.2. The minimum absolute atomic E-state index is 0.154. The van der Waals surface area contributed by atoms with Crippen molar-refractivity contribution >= 4 is 22.8 Å². The molecule has 0 unspecified atom stereocenters. The van der Waals surface area contributed by atoms with Gasteiger partial charge in [0.05, 0.1) is 5.52 Å². The molecule has 1 aliphatic carbocycles. The Balaban J connectivity index is 1.31. The third kappa shape index (κ3) is 4.92. The summed E-state index contributed by atoms with van der Waals surface area (Å²) in [5.41, 5.74) is 1.98. The van der Waals surface area contributed by atoms with Gasteiger partial charge in [-0.3, -0.25) is 9.78 Å². The number of benzene rings is 1. The third-order valence-electron chi connectivity index (χ3n) is 4.53. The molecule has 1 saturated carbocycles. The number of pyridine rings is 1. The van der Waals surface area contributed by atoms with E-state index in [-0.39, 0.29) is 17.9 Å². The second kappa shape index (κ2) is 8.46. The molecule has 3 N–H and O–H groups in total. The number of fused-ring (bicyclic) bond motifs is 1. The van der Waals surface area contributed by atoms with E-state index in [9.17, 15) is 9.59 Å². The van der Waals surface area contributed by atoms with Crippen LogP contribution in [0.5, 0.6) is 0 Å². The molecule has 0 saturated heterocycles. The average Bonchev–Trinajstić information content (AvgIpc) is 2.58. The second-order valence-corrected chi connectivity index (χ2v) is 6.41. The summed E-state index contributed by atoms with van der Waals surface area (Å²) in [5, 5.41) is 9.63. The summed E-state index contributed by atoms with van der Waals surface area (Å²) in [6.07, 6.45) is 5.68. The van der Waals surface area contributed by atoms with Crippen LogP contribution in [0.4, 0.5) is 4.79 Å². The maximum atomic E-state index is 11.8. The number of nitrogens with one attached hydrogen (secondary N) is 3. The number of hydrogen-bond donors (Lipinski definition) is 3. The van der Waals surface area contributed by atoms with E-state index in [1.54, 1.807) is 6.20 Å². The zero-order chi connectivity index (χ0) is 17.5. The number of carbonyl (C=O) groups is 2. The first-order valence-corrected chi connectivity index (χ1v) is 8.85. The molecule has 25 heavy (non-hydrogen) atoms. The van der Waals surface area contributed by atoms with E-state index in [1.807, 2.05) is 30.3 Å². The highest BCUT2D eigenvalue weighted by Gasteiger charge is 2.24. The fourth-order valence-corrected chi connectivity index (χ4v) is 2.80. The molecule has 0 radical (unpaired) electrons. The number of urea groups is 1. The number of hydrogen-bond acceptors (Lipinski definition) is 3. The average molecular weight is 340 g/mol. The number of nitrogens with zero attached hydrogens (tertiary/aromatic N) is 1. The number of amides is 3. The van der Waals surface area contributed by atoms with Gasteiger partial charge in [-0.05, 0) is 43.0 Å². The summed E-state index contributed by atoms with van der Waals surface area (Å²) in [7, 11) is 0. The van der Waals surface area contributed by atoms with Crippen LogP contribution in [0.25, 0.3) is 10.9 Å². The predicted octanol–water partition coefficient (Wildman–Crippen LogP) is 2.34. The van der Waals surface area contributed by atoms with Crippen LogP contribution in [-0.4, -0.2) is 30.0 Å². The van der Waals surface area contributed by atoms with Crippen LogP contribution in [0.15, 0.2) is 36.5 Å². The Labute approximate surface area is 147 Å². The topological polar surface area (TPSA) is 83.1 Å². The van der Waals surface area contributed by atoms with Gasteiger partial charge >= 0.3 is 6.03 Å². The summed E-state index contributed by atoms with van der Waals surface area (Å²) in [4.78, 5) is 27.8. The van der Waals surface area contributed by atoms with E-state index >= 15 is 0 Å². The van der Waals surface area contributed by atoms with Gasteiger partial charge in [0, 0.05) is 37.1 Å². The van der Waals surface area contributed by atoms with Gasteiger partial charge in [-0.15, -0.1) is 0 Å². The van der Waals surface area contributed by atoms with Crippen molar-refractivity contribution in [1.82, 2.24) is 20.9 Å². The highest BCUT2D eigenvalue weighted by molar-refractivity contribution is 5.80. The van der Waals surface area contributed by atoms with Crippen LogP contribution in [0.1, 0.15) is 31.2 Å².